The Labute approximate surface area is 202 Å². The summed E-state index contributed by atoms with van der Waals surface area (Å²) in [6.07, 6.45) is 0. The number of amides is 2. The van der Waals surface area contributed by atoms with Gasteiger partial charge < -0.3 is 15.4 Å². The minimum Gasteiger partial charge on any atom is -0.359 e. The van der Waals surface area contributed by atoms with Crippen LogP contribution in [0.25, 0.3) is 0 Å². The Morgan fingerprint density at radius 1 is 0.941 bits per heavy atom. The molecule has 176 valence electrons. The molecule has 3 aromatic rings. The van der Waals surface area contributed by atoms with Gasteiger partial charge in [-0.3, -0.25) is 9.59 Å². The first-order valence-corrected chi connectivity index (χ1v) is 12.4. The number of rotatable bonds is 5. The van der Waals surface area contributed by atoms with E-state index in [-0.39, 0.29) is 25.0 Å². The average Bonchev–Trinajstić information content (AvgIpc) is 2.81. The summed E-state index contributed by atoms with van der Waals surface area (Å²) in [7, 11) is -3.44. The van der Waals surface area contributed by atoms with Crippen LogP contribution in [0.5, 0.6) is 0 Å². The van der Waals surface area contributed by atoms with Gasteiger partial charge in [0.2, 0.25) is 10.0 Å². The quantitative estimate of drug-likeness (QED) is 0.545. The van der Waals surface area contributed by atoms with Crippen LogP contribution in [0.2, 0.25) is 5.02 Å². The summed E-state index contributed by atoms with van der Waals surface area (Å²) < 4.78 is 30.8. The monoisotopic (exact) mass is 499 g/mol. The molecule has 8 nitrogen and oxygen atoms in total. The zero-order valence-electron chi connectivity index (χ0n) is 18.2. The fourth-order valence-corrected chi connectivity index (χ4v) is 4.79. The third-order valence-electron chi connectivity index (χ3n) is 5.20. The van der Waals surface area contributed by atoms with Crippen molar-refractivity contribution in [2.24, 2.45) is 0 Å². The highest BCUT2D eigenvalue weighted by Gasteiger charge is 2.26. The molecule has 0 unspecified atom stereocenters. The first-order chi connectivity index (χ1) is 16.2. The van der Waals surface area contributed by atoms with E-state index >= 15 is 0 Å². The molecule has 1 aliphatic rings. The predicted octanol–water partition coefficient (Wildman–Crippen LogP) is 4.28. The highest BCUT2D eigenvalue weighted by atomic mass is 35.5. The number of nitrogens with zero attached hydrogens (tertiary/aromatic N) is 1. The van der Waals surface area contributed by atoms with Gasteiger partial charge in [-0.15, -0.1) is 0 Å². The number of hydrogen-bond donors (Lipinski definition) is 2. The van der Waals surface area contributed by atoms with E-state index in [0.717, 1.165) is 5.56 Å². The Balaban J connectivity index is 1.46. The minimum absolute atomic E-state index is 0.0598. The van der Waals surface area contributed by atoms with E-state index in [4.69, 9.17) is 16.3 Å². The number of carbonyl (C=O) groups is 2. The van der Waals surface area contributed by atoms with Gasteiger partial charge in [0, 0.05) is 16.8 Å². The molecule has 3 aromatic carbocycles. The molecule has 10 heteroatoms. The molecule has 1 saturated heterocycles. The van der Waals surface area contributed by atoms with Gasteiger partial charge in [-0.05, 0) is 61.5 Å². The lowest BCUT2D eigenvalue weighted by molar-refractivity contribution is 0.101. The number of anilines is 3. The number of halogens is 1. The van der Waals surface area contributed by atoms with Gasteiger partial charge in [-0.1, -0.05) is 29.3 Å². The molecule has 34 heavy (non-hydrogen) atoms. The third kappa shape index (κ3) is 5.39. The Bertz CT molecular complexity index is 1340. The van der Waals surface area contributed by atoms with Crippen molar-refractivity contribution in [1.82, 2.24) is 0 Å². The van der Waals surface area contributed by atoms with Crippen molar-refractivity contribution in [3.05, 3.63) is 88.4 Å². The van der Waals surface area contributed by atoms with Crippen LogP contribution in [0.4, 0.5) is 17.1 Å². The first-order valence-electron chi connectivity index (χ1n) is 10.4. The molecule has 2 N–H and O–H groups in total. The first kappa shape index (κ1) is 23.7. The summed E-state index contributed by atoms with van der Waals surface area (Å²) in [5, 5.41) is 5.85. The van der Waals surface area contributed by atoms with E-state index in [9.17, 15) is 18.0 Å². The minimum atomic E-state index is -3.44. The zero-order chi connectivity index (χ0) is 24.3. The lowest BCUT2D eigenvalue weighted by Gasteiger charge is -2.28. The number of nitrogens with one attached hydrogen (secondary N) is 2. The van der Waals surface area contributed by atoms with Crippen LogP contribution in [0.3, 0.4) is 0 Å². The number of benzene rings is 3. The molecular formula is C24H22ClN3O5S. The second kappa shape index (κ2) is 9.84. The smallest absolute Gasteiger partial charge is 0.255 e. The lowest BCUT2D eigenvalue weighted by Crippen LogP contribution is -2.41. The second-order valence-electron chi connectivity index (χ2n) is 7.72. The fourth-order valence-electron chi connectivity index (χ4n) is 3.40. The van der Waals surface area contributed by atoms with E-state index in [1.807, 2.05) is 13.0 Å². The highest BCUT2D eigenvalue weighted by Crippen LogP contribution is 2.27. The Morgan fingerprint density at radius 2 is 1.68 bits per heavy atom. The molecule has 1 heterocycles. The summed E-state index contributed by atoms with van der Waals surface area (Å²) in [5.74, 6) is -0.807. The zero-order valence-corrected chi connectivity index (χ0v) is 19.8. The molecule has 1 aliphatic heterocycles. The maximum Gasteiger partial charge on any atom is 0.255 e. The second-order valence-corrected chi connectivity index (χ2v) is 10.1. The van der Waals surface area contributed by atoms with Crippen molar-refractivity contribution in [1.29, 1.82) is 0 Å². The van der Waals surface area contributed by atoms with Crippen molar-refractivity contribution in [3.63, 3.8) is 0 Å². The Hall–Kier alpha value is -3.40. The van der Waals surface area contributed by atoms with E-state index in [1.54, 1.807) is 48.5 Å². The summed E-state index contributed by atoms with van der Waals surface area (Å²) in [4.78, 5) is 25.3. The van der Waals surface area contributed by atoms with Crippen molar-refractivity contribution < 1.29 is 22.7 Å². The molecule has 2 amide bonds. The van der Waals surface area contributed by atoms with Crippen molar-refractivity contribution in [2.45, 2.75) is 6.92 Å². The molecule has 0 saturated carbocycles. The standard InChI is InChI=1S/C24H22ClN3O5S/c1-16-3-2-4-18(13-16)24(30)27-22-14-19(7-10-21(22)25)26-23(29)17-5-8-20(9-6-17)28-15-33-11-12-34(28,31)32/h2-10,13-14H,11-12,15H2,1H3,(H,26,29)(H,27,30). The van der Waals surface area contributed by atoms with Gasteiger partial charge in [0.25, 0.3) is 11.8 Å². The van der Waals surface area contributed by atoms with E-state index in [0.29, 0.717) is 33.2 Å². The molecule has 1 fully saturated rings. The van der Waals surface area contributed by atoms with Crippen molar-refractivity contribution in [3.8, 4) is 0 Å². The average molecular weight is 500 g/mol. The van der Waals surface area contributed by atoms with E-state index in [2.05, 4.69) is 10.6 Å². The number of ether oxygens (including phenoxy) is 1. The van der Waals surface area contributed by atoms with Crippen molar-refractivity contribution >= 4 is 50.5 Å². The van der Waals surface area contributed by atoms with Gasteiger partial charge in [0.15, 0.2) is 0 Å². The van der Waals surface area contributed by atoms with Crippen LogP contribution < -0.4 is 14.9 Å². The summed E-state index contributed by atoms with van der Waals surface area (Å²) >= 11 is 6.24. The number of carbonyl (C=O) groups excluding carboxylic acids is 2. The molecule has 0 bridgehead atoms. The third-order valence-corrected chi connectivity index (χ3v) is 7.20. The van der Waals surface area contributed by atoms with E-state index in [1.165, 1.54) is 16.4 Å². The topological polar surface area (TPSA) is 105 Å². The number of sulfonamides is 1. The van der Waals surface area contributed by atoms with Gasteiger partial charge in [0.1, 0.15) is 6.73 Å². The SMILES string of the molecule is Cc1cccc(C(=O)Nc2cc(NC(=O)c3ccc(N4COCCS4(=O)=O)cc3)ccc2Cl)c1. The number of aryl methyl sites for hydroxylation is 1. The normalized spacial score (nSPS) is 14.9. The summed E-state index contributed by atoms with van der Waals surface area (Å²) in [6.45, 7) is 2.00. The lowest BCUT2D eigenvalue weighted by atomic mass is 10.1. The van der Waals surface area contributed by atoms with Crippen molar-refractivity contribution in [2.75, 3.05) is 34.0 Å². The molecule has 0 radical (unpaired) electrons. The molecule has 0 atom stereocenters. The largest absolute Gasteiger partial charge is 0.359 e. The van der Waals surface area contributed by atoms with Crippen LogP contribution in [0.1, 0.15) is 26.3 Å². The Kier molecular flexibility index (Phi) is 6.87. The fraction of sp³-hybridized carbons (Fsp3) is 0.167. The van der Waals surface area contributed by atoms with Gasteiger partial charge in [-0.2, -0.15) is 0 Å². The van der Waals surface area contributed by atoms with E-state index < -0.39 is 15.9 Å². The summed E-state index contributed by atoms with van der Waals surface area (Å²) in [5.41, 5.74) is 2.99. The van der Waals surface area contributed by atoms with Crippen LogP contribution >= 0.6 is 11.6 Å². The molecule has 4 rings (SSSR count). The number of hydrogen-bond acceptors (Lipinski definition) is 5. The maximum absolute atomic E-state index is 12.7. The molecule has 0 aliphatic carbocycles. The van der Waals surface area contributed by atoms with Gasteiger partial charge in [0.05, 0.1) is 28.8 Å². The molecular weight excluding hydrogens is 478 g/mol. The molecule has 0 spiro atoms. The van der Waals surface area contributed by atoms with Gasteiger partial charge in [-0.25, -0.2) is 12.7 Å². The summed E-state index contributed by atoms with van der Waals surface area (Å²) in [6, 6.07) is 18.1. The predicted molar refractivity (Wildman–Crippen MR) is 132 cm³/mol. The Morgan fingerprint density at radius 3 is 2.38 bits per heavy atom. The van der Waals surface area contributed by atoms with Crippen LogP contribution in [0, 0.1) is 6.92 Å². The van der Waals surface area contributed by atoms with Crippen LogP contribution in [-0.4, -0.2) is 39.3 Å². The highest BCUT2D eigenvalue weighted by molar-refractivity contribution is 7.92. The van der Waals surface area contributed by atoms with Crippen LogP contribution in [-0.2, 0) is 14.8 Å². The van der Waals surface area contributed by atoms with Crippen LogP contribution in [0.15, 0.2) is 66.7 Å². The molecule has 0 aromatic heterocycles. The maximum atomic E-state index is 12.7. The van der Waals surface area contributed by atoms with Gasteiger partial charge >= 0.3 is 0 Å².